The van der Waals surface area contributed by atoms with Gasteiger partial charge < -0.3 is 15.0 Å². The smallest absolute Gasteiger partial charge is 0.264 e. The molecule has 3 aromatic rings. The second-order valence-corrected chi connectivity index (χ2v) is 11.6. The molecule has 2 aromatic heterocycles. The first-order valence-corrected chi connectivity index (χ1v) is 13.3. The van der Waals surface area contributed by atoms with E-state index in [1.807, 2.05) is 25.1 Å². The summed E-state index contributed by atoms with van der Waals surface area (Å²) < 4.78 is 34.4. The number of ether oxygens (including phenoxy) is 1. The molecule has 176 valence electrons. The Morgan fingerprint density at radius 3 is 2.48 bits per heavy atom. The lowest BCUT2D eigenvalue weighted by molar-refractivity contribution is 0.403. The van der Waals surface area contributed by atoms with Gasteiger partial charge in [0.1, 0.15) is 10.7 Å². The fraction of sp³-hybridized carbons (Fsp3) is 0.348. The monoisotopic (exact) mass is 506 g/mol. The number of pyridine rings is 1. The zero-order valence-corrected chi connectivity index (χ0v) is 21.3. The first-order chi connectivity index (χ1) is 15.7. The molecule has 0 bridgehead atoms. The van der Waals surface area contributed by atoms with E-state index in [0.29, 0.717) is 23.7 Å². The summed E-state index contributed by atoms with van der Waals surface area (Å²) in [5.41, 5.74) is 0.872. The molecule has 4 rings (SSSR count). The summed E-state index contributed by atoms with van der Waals surface area (Å²) in [5, 5.41) is 3.62. The number of nitrogens with one attached hydrogen (secondary N) is 2. The van der Waals surface area contributed by atoms with Gasteiger partial charge in [0.05, 0.1) is 12.1 Å². The lowest BCUT2D eigenvalue weighted by Crippen LogP contribution is -2.54. The van der Waals surface area contributed by atoms with E-state index in [1.54, 1.807) is 29.5 Å². The molecule has 3 heterocycles. The summed E-state index contributed by atoms with van der Waals surface area (Å²) in [4.78, 5) is 8.91. The van der Waals surface area contributed by atoms with E-state index in [9.17, 15) is 8.42 Å². The molecule has 1 aliphatic heterocycles. The number of piperazine rings is 1. The number of rotatable bonds is 6. The van der Waals surface area contributed by atoms with Crippen LogP contribution in [0.3, 0.4) is 0 Å². The lowest BCUT2D eigenvalue weighted by atomic mass is 10.1. The van der Waals surface area contributed by atoms with Crippen molar-refractivity contribution >= 4 is 44.6 Å². The lowest BCUT2D eigenvalue weighted by Gasteiger charge is -2.37. The maximum Gasteiger partial charge on any atom is 0.264 e. The van der Waals surface area contributed by atoms with Crippen LogP contribution < -0.4 is 19.7 Å². The molecule has 7 nitrogen and oxygen atoms in total. The number of anilines is 2. The van der Waals surface area contributed by atoms with Gasteiger partial charge >= 0.3 is 0 Å². The van der Waals surface area contributed by atoms with Gasteiger partial charge in [-0.1, -0.05) is 17.7 Å². The molecule has 1 saturated heterocycles. The van der Waals surface area contributed by atoms with Crippen LogP contribution in [-0.4, -0.2) is 45.7 Å². The number of hydrogen-bond donors (Lipinski definition) is 2. The summed E-state index contributed by atoms with van der Waals surface area (Å²) in [6.45, 7) is 7.78. The molecule has 2 unspecified atom stereocenters. The van der Waals surface area contributed by atoms with E-state index in [4.69, 9.17) is 16.3 Å². The Bertz CT molecular complexity index is 1250. The number of aromatic nitrogens is 1. The molecule has 1 aliphatic rings. The van der Waals surface area contributed by atoms with Crippen LogP contribution in [0.25, 0.3) is 10.4 Å². The highest BCUT2D eigenvalue weighted by atomic mass is 35.5. The van der Waals surface area contributed by atoms with E-state index in [2.05, 4.69) is 33.8 Å². The number of nitrogens with zero attached hydrogens (tertiary/aromatic N) is 2. The highest BCUT2D eigenvalue weighted by molar-refractivity contribution is 7.92. The molecule has 10 heteroatoms. The van der Waals surface area contributed by atoms with Crippen molar-refractivity contribution in [3.8, 4) is 16.2 Å². The van der Waals surface area contributed by atoms with Crippen molar-refractivity contribution in [1.29, 1.82) is 0 Å². The Labute approximate surface area is 203 Å². The summed E-state index contributed by atoms with van der Waals surface area (Å²) >= 11 is 8.04. The van der Waals surface area contributed by atoms with Crippen molar-refractivity contribution in [3.05, 3.63) is 52.4 Å². The van der Waals surface area contributed by atoms with Gasteiger partial charge in [-0.3, -0.25) is 4.72 Å². The van der Waals surface area contributed by atoms with Crippen molar-refractivity contribution in [1.82, 2.24) is 10.3 Å². The standard InChI is InChI=1S/C23H27ClN4O3S2/c1-14-12-28(13-15(2)25-14)22-10-7-19(31-4)23(26-22)27-33(29,30)21-9-6-17(11-18(21)24)20-8-5-16(3)32-20/h5-11,14-15,25H,12-13H2,1-4H3,(H,26,27). The van der Waals surface area contributed by atoms with Crippen LogP contribution in [0.5, 0.6) is 5.75 Å². The fourth-order valence-corrected chi connectivity index (χ4v) is 6.43. The van der Waals surface area contributed by atoms with Gasteiger partial charge in [-0.2, -0.15) is 0 Å². The Kier molecular flexibility index (Phi) is 6.86. The third-order valence-electron chi connectivity index (χ3n) is 5.42. The molecule has 2 N–H and O–H groups in total. The van der Waals surface area contributed by atoms with E-state index in [0.717, 1.165) is 23.5 Å². The number of sulfonamides is 1. The normalized spacial score (nSPS) is 18.9. The zero-order chi connectivity index (χ0) is 23.8. The third-order valence-corrected chi connectivity index (χ3v) is 8.29. The highest BCUT2D eigenvalue weighted by Crippen LogP contribution is 2.34. The predicted octanol–water partition coefficient (Wildman–Crippen LogP) is 4.77. The van der Waals surface area contributed by atoms with Crippen molar-refractivity contribution in [3.63, 3.8) is 0 Å². The number of hydrogen-bond acceptors (Lipinski definition) is 7. The highest BCUT2D eigenvalue weighted by Gasteiger charge is 2.25. The molecular formula is C23H27ClN4O3S2. The van der Waals surface area contributed by atoms with Gasteiger partial charge in [0.25, 0.3) is 10.0 Å². The quantitative estimate of drug-likeness (QED) is 0.501. The number of halogens is 1. The average molecular weight is 507 g/mol. The largest absolute Gasteiger partial charge is 0.493 e. The van der Waals surface area contributed by atoms with Gasteiger partial charge in [-0.25, -0.2) is 13.4 Å². The molecule has 0 spiro atoms. The molecule has 0 saturated carbocycles. The topological polar surface area (TPSA) is 83.6 Å². The van der Waals surface area contributed by atoms with Crippen LogP contribution in [-0.2, 0) is 10.0 Å². The van der Waals surface area contributed by atoms with Gasteiger partial charge in [-0.05, 0) is 62.7 Å². The van der Waals surface area contributed by atoms with Gasteiger partial charge in [0, 0.05) is 34.9 Å². The molecule has 1 aromatic carbocycles. The third kappa shape index (κ3) is 5.27. The van der Waals surface area contributed by atoms with Crippen molar-refractivity contribution in [2.75, 3.05) is 29.8 Å². The van der Waals surface area contributed by atoms with E-state index in [1.165, 1.54) is 18.1 Å². The van der Waals surface area contributed by atoms with Gasteiger partial charge in [0.15, 0.2) is 11.6 Å². The predicted molar refractivity (Wildman–Crippen MR) is 135 cm³/mol. The average Bonchev–Trinajstić information content (AvgIpc) is 3.19. The molecule has 33 heavy (non-hydrogen) atoms. The molecule has 0 amide bonds. The van der Waals surface area contributed by atoms with Crippen LogP contribution in [0.15, 0.2) is 47.4 Å². The number of thiophene rings is 1. The Morgan fingerprint density at radius 2 is 1.88 bits per heavy atom. The number of aryl methyl sites for hydroxylation is 1. The van der Waals surface area contributed by atoms with Crippen molar-refractivity contribution in [2.24, 2.45) is 0 Å². The van der Waals surface area contributed by atoms with Gasteiger partial charge in [-0.15, -0.1) is 11.3 Å². The maximum atomic E-state index is 13.2. The number of benzene rings is 1. The van der Waals surface area contributed by atoms with Crippen LogP contribution in [0.4, 0.5) is 11.6 Å². The molecule has 0 aliphatic carbocycles. The Balaban J connectivity index is 1.63. The molecule has 2 atom stereocenters. The minimum absolute atomic E-state index is 0.0140. The van der Waals surface area contributed by atoms with Crippen LogP contribution >= 0.6 is 22.9 Å². The molecule has 0 radical (unpaired) electrons. The second kappa shape index (κ2) is 9.50. The number of methoxy groups -OCH3 is 1. The fourth-order valence-electron chi connectivity index (χ4n) is 4.01. The second-order valence-electron chi connectivity index (χ2n) is 8.26. The molecule has 1 fully saturated rings. The minimum atomic E-state index is -3.99. The Morgan fingerprint density at radius 1 is 1.15 bits per heavy atom. The summed E-state index contributed by atoms with van der Waals surface area (Å²) in [6.07, 6.45) is 0. The summed E-state index contributed by atoms with van der Waals surface area (Å²) in [5.74, 6) is 1.14. The van der Waals surface area contributed by atoms with Crippen LogP contribution in [0.1, 0.15) is 18.7 Å². The van der Waals surface area contributed by atoms with Crippen LogP contribution in [0, 0.1) is 6.92 Å². The van der Waals surface area contributed by atoms with Crippen molar-refractivity contribution < 1.29 is 13.2 Å². The first kappa shape index (κ1) is 23.8. The zero-order valence-electron chi connectivity index (χ0n) is 18.9. The SMILES string of the molecule is COc1ccc(N2CC(C)NC(C)C2)nc1NS(=O)(=O)c1ccc(-c2ccc(C)s2)cc1Cl. The first-order valence-electron chi connectivity index (χ1n) is 10.6. The van der Waals surface area contributed by atoms with E-state index >= 15 is 0 Å². The van der Waals surface area contributed by atoms with Crippen LogP contribution in [0.2, 0.25) is 5.02 Å². The summed E-state index contributed by atoms with van der Waals surface area (Å²) in [7, 11) is -2.51. The Hall–Kier alpha value is -2.33. The van der Waals surface area contributed by atoms with Crippen molar-refractivity contribution in [2.45, 2.75) is 37.8 Å². The van der Waals surface area contributed by atoms with E-state index < -0.39 is 10.0 Å². The maximum absolute atomic E-state index is 13.2. The summed E-state index contributed by atoms with van der Waals surface area (Å²) in [6, 6.07) is 13.1. The van der Waals surface area contributed by atoms with E-state index in [-0.39, 0.29) is 15.7 Å². The molecular weight excluding hydrogens is 480 g/mol. The minimum Gasteiger partial charge on any atom is -0.493 e. The van der Waals surface area contributed by atoms with Gasteiger partial charge in [0.2, 0.25) is 0 Å².